The quantitative estimate of drug-likeness (QED) is 0.812. The Bertz CT molecular complexity index is 826. The van der Waals surface area contributed by atoms with Gasteiger partial charge in [-0.15, -0.1) is 0 Å². The lowest BCUT2D eigenvalue weighted by Gasteiger charge is -2.25. The summed E-state index contributed by atoms with van der Waals surface area (Å²) in [6, 6.07) is 13.2. The second-order valence-electron chi connectivity index (χ2n) is 6.60. The zero-order valence-corrected chi connectivity index (χ0v) is 15.5. The molecule has 3 rings (SSSR count). The number of ether oxygens (including phenoxy) is 2. The summed E-state index contributed by atoms with van der Waals surface area (Å²) in [6.45, 7) is -0.172. The van der Waals surface area contributed by atoms with E-state index < -0.39 is 5.97 Å². The number of carbonyl (C=O) groups excluding carboxylic acids is 1. The van der Waals surface area contributed by atoms with Crippen LogP contribution in [0.3, 0.4) is 0 Å². The van der Waals surface area contributed by atoms with E-state index in [4.69, 9.17) is 9.47 Å². The van der Waals surface area contributed by atoms with Gasteiger partial charge in [-0.3, -0.25) is 9.59 Å². The van der Waals surface area contributed by atoms with Gasteiger partial charge in [-0.05, 0) is 41.7 Å². The SMILES string of the molecule is COc1cc(CN(CC(=O)O)C(=O)C2CCc3ccccc32)cc(OC)c1. The van der Waals surface area contributed by atoms with Crippen molar-refractivity contribution in [1.29, 1.82) is 0 Å². The number of fused-ring (bicyclic) bond motifs is 1. The summed E-state index contributed by atoms with van der Waals surface area (Å²) in [5.74, 6) is -0.307. The van der Waals surface area contributed by atoms with Gasteiger partial charge in [-0.1, -0.05) is 24.3 Å². The molecular formula is C21H23NO5. The maximum Gasteiger partial charge on any atom is 0.323 e. The van der Waals surface area contributed by atoms with E-state index in [1.807, 2.05) is 24.3 Å². The number of amides is 1. The molecule has 0 aromatic heterocycles. The van der Waals surface area contributed by atoms with Crippen molar-refractivity contribution in [1.82, 2.24) is 4.90 Å². The predicted molar refractivity (Wildman–Crippen MR) is 100 cm³/mol. The zero-order valence-electron chi connectivity index (χ0n) is 15.5. The van der Waals surface area contributed by atoms with Gasteiger partial charge in [0.25, 0.3) is 0 Å². The van der Waals surface area contributed by atoms with E-state index in [0.717, 1.165) is 23.1 Å². The van der Waals surface area contributed by atoms with Gasteiger partial charge in [0.15, 0.2) is 0 Å². The number of benzene rings is 2. The highest BCUT2D eigenvalue weighted by atomic mass is 16.5. The van der Waals surface area contributed by atoms with E-state index in [2.05, 4.69) is 0 Å². The van der Waals surface area contributed by atoms with Crippen molar-refractivity contribution in [2.75, 3.05) is 20.8 Å². The first kappa shape index (κ1) is 18.8. The van der Waals surface area contributed by atoms with Crippen LogP contribution in [0.4, 0.5) is 0 Å². The third-order valence-corrected chi connectivity index (χ3v) is 4.85. The lowest BCUT2D eigenvalue weighted by Crippen LogP contribution is -2.38. The number of carboxylic acid groups (broad SMARTS) is 1. The average Bonchev–Trinajstić information content (AvgIpc) is 3.10. The maximum atomic E-state index is 13.2. The summed E-state index contributed by atoms with van der Waals surface area (Å²) in [6.07, 6.45) is 1.54. The van der Waals surface area contributed by atoms with Gasteiger partial charge in [0.05, 0.1) is 20.1 Å². The fourth-order valence-electron chi connectivity index (χ4n) is 3.59. The standard InChI is InChI=1S/C21H23NO5/c1-26-16-9-14(10-17(11-16)27-2)12-22(13-20(23)24)21(25)19-8-7-15-5-3-4-6-18(15)19/h3-6,9-11,19H,7-8,12-13H2,1-2H3,(H,23,24). The van der Waals surface area contributed by atoms with Gasteiger partial charge in [-0.2, -0.15) is 0 Å². The maximum absolute atomic E-state index is 13.2. The highest BCUT2D eigenvalue weighted by Crippen LogP contribution is 2.35. The summed E-state index contributed by atoms with van der Waals surface area (Å²) in [4.78, 5) is 25.9. The molecule has 0 aliphatic heterocycles. The second kappa shape index (κ2) is 8.12. The minimum Gasteiger partial charge on any atom is -0.497 e. The van der Waals surface area contributed by atoms with Crippen LogP contribution in [-0.4, -0.2) is 42.6 Å². The molecule has 1 aliphatic rings. The molecular weight excluding hydrogens is 346 g/mol. The van der Waals surface area contributed by atoms with Crippen molar-refractivity contribution >= 4 is 11.9 Å². The van der Waals surface area contributed by atoms with Crippen LogP contribution in [0.5, 0.6) is 11.5 Å². The number of nitrogens with zero attached hydrogens (tertiary/aromatic N) is 1. The summed E-state index contributed by atoms with van der Waals surface area (Å²) in [7, 11) is 3.10. The molecule has 6 heteroatoms. The van der Waals surface area contributed by atoms with Gasteiger partial charge in [0.1, 0.15) is 18.0 Å². The van der Waals surface area contributed by atoms with E-state index in [0.29, 0.717) is 17.9 Å². The number of aliphatic carboxylic acids is 1. The van der Waals surface area contributed by atoms with Crippen molar-refractivity contribution in [3.8, 4) is 11.5 Å². The van der Waals surface area contributed by atoms with Crippen molar-refractivity contribution in [3.05, 3.63) is 59.2 Å². The number of methoxy groups -OCH3 is 2. The first-order valence-corrected chi connectivity index (χ1v) is 8.82. The Morgan fingerprint density at radius 2 is 1.78 bits per heavy atom. The second-order valence-corrected chi connectivity index (χ2v) is 6.60. The Kier molecular flexibility index (Phi) is 5.64. The van der Waals surface area contributed by atoms with Crippen LogP contribution in [0.15, 0.2) is 42.5 Å². The molecule has 0 saturated carbocycles. The molecule has 0 heterocycles. The van der Waals surface area contributed by atoms with Crippen molar-refractivity contribution in [2.45, 2.75) is 25.3 Å². The number of aryl methyl sites for hydroxylation is 1. The van der Waals surface area contributed by atoms with E-state index in [-0.39, 0.29) is 24.9 Å². The predicted octanol–water partition coefficient (Wildman–Crippen LogP) is 2.85. The van der Waals surface area contributed by atoms with Gasteiger partial charge in [-0.25, -0.2) is 0 Å². The molecule has 1 atom stereocenters. The van der Waals surface area contributed by atoms with Crippen molar-refractivity contribution in [2.24, 2.45) is 0 Å². The molecule has 142 valence electrons. The fourth-order valence-corrected chi connectivity index (χ4v) is 3.59. The monoisotopic (exact) mass is 369 g/mol. The Balaban J connectivity index is 1.86. The lowest BCUT2D eigenvalue weighted by atomic mass is 9.99. The van der Waals surface area contributed by atoms with Crippen LogP contribution in [0.2, 0.25) is 0 Å². The average molecular weight is 369 g/mol. The van der Waals surface area contributed by atoms with Gasteiger partial charge in [0, 0.05) is 12.6 Å². The largest absolute Gasteiger partial charge is 0.497 e. The Morgan fingerprint density at radius 3 is 2.41 bits per heavy atom. The molecule has 1 N–H and O–H groups in total. The molecule has 0 fully saturated rings. The Labute approximate surface area is 158 Å². The van der Waals surface area contributed by atoms with Crippen LogP contribution in [0.1, 0.15) is 29.0 Å². The molecule has 0 spiro atoms. The molecule has 6 nitrogen and oxygen atoms in total. The van der Waals surface area contributed by atoms with Crippen LogP contribution < -0.4 is 9.47 Å². The van der Waals surface area contributed by atoms with E-state index in [1.54, 1.807) is 32.4 Å². The molecule has 1 unspecified atom stereocenters. The summed E-state index contributed by atoms with van der Waals surface area (Å²) in [5, 5.41) is 9.31. The minimum absolute atomic E-state index is 0.163. The summed E-state index contributed by atoms with van der Waals surface area (Å²) >= 11 is 0. The van der Waals surface area contributed by atoms with Crippen LogP contribution in [0.25, 0.3) is 0 Å². The third-order valence-electron chi connectivity index (χ3n) is 4.85. The number of hydrogen-bond donors (Lipinski definition) is 1. The Morgan fingerprint density at radius 1 is 1.11 bits per heavy atom. The number of rotatable bonds is 7. The summed E-state index contributed by atoms with van der Waals surface area (Å²) < 4.78 is 10.5. The highest BCUT2D eigenvalue weighted by Gasteiger charge is 2.32. The first-order valence-electron chi connectivity index (χ1n) is 8.82. The van der Waals surface area contributed by atoms with Crippen molar-refractivity contribution < 1.29 is 24.2 Å². The Hall–Kier alpha value is -3.02. The summed E-state index contributed by atoms with van der Waals surface area (Å²) in [5.41, 5.74) is 2.92. The topological polar surface area (TPSA) is 76.1 Å². The minimum atomic E-state index is -1.04. The molecule has 2 aromatic rings. The number of hydrogen-bond acceptors (Lipinski definition) is 4. The lowest BCUT2D eigenvalue weighted by molar-refractivity contribution is -0.145. The van der Waals surface area contributed by atoms with Gasteiger partial charge < -0.3 is 19.5 Å². The number of carboxylic acids is 1. The molecule has 0 bridgehead atoms. The van der Waals surface area contributed by atoms with Gasteiger partial charge >= 0.3 is 5.97 Å². The normalized spacial score (nSPS) is 15.1. The van der Waals surface area contributed by atoms with E-state index in [9.17, 15) is 14.7 Å². The molecule has 2 aromatic carbocycles. The molecule has 0 radical (unpaired) electrons. The molecule has 1 aliphatic carbocycles. The molecule has 27 heavy (non-hydrogen) atoms. The van der Waals surface area contributed by atoms with Crippen molar-refractivity contribution in [3.63, 3.8) is 0 Å². The third kappa shape index (κ3) is 4.22. The smallest absolute Gasteiger partial charge is 0.323 e. The van der Waals surface area contributed by atoms with Crippen LogP contribution in [0, 0.1) is 0 Å². The van der Waals surface area contributed by atoms with Gasteiger partial charge in [0.2, 0.25) is 5.91 Å². The highest BCUT2D eigenvalue weighted by molar-refractivity contribution is 5.87. The van der Waals surface area contributed by atoms with Crippen LogP contribution >= 0.6 is 0 Å². The van der Waals surface area contributed by atoms with Crippen LogP contribution in [-0.2, 0) is 22.6 Å². The molecule has 1 amide bonds. The van der Waals surface area contributed by atoms with E-state index in [1.165, 1.54) is 4.90 Å². The number of carbonyl (C=O) groups is 2. The van der Waals surface area contributed by atoms with E-state index >= 15 is 0 Å². The first-order chi connectivity index (χ1) is 13.0. The molecule has 0 saturated heterocycles. The fraction of sp³-hybridized carbons (Fsp3) is 0.333. The zero-order chi connectivity index (χ0) is 19.4.